The van der Waals surface area contributed by atoms with Gasteiger partial charge in [-0.2, -0.15) is 0 Å². The van der Waals surface area contributed by atoms with Crippen LogP contribution in [0.5, 0.6) is 5.75 Å². The molecule has 126 valence electrons. The largest absolute Gasteiger partial charge is 0.481 e. The van der Waals surface area contributed by atoms with Crippen LogP contribution in [0.15, 0.2) is 42.5 Å². The van der Waals surface area contributed by atoms with Crippen LogP contribution < -0.4 is 15.4 Å². The van der Waals surface area contributed by atoms with E-state index in [0.717, 1.165) is 5.56 Å². The number of hydrogen-bond donors (Lipinski definition) is 2. The Morgan fingerprint density at radius 3 is 2.17 bits per heavy atom. The van der Waals surface area contributed by atoms with E-state index in [0.29, 0.717) is 22.1 Å². The van der Waals surface area contributed by atoms with Gasteiger partial charge >= 0.3 is 0 Å². The van der Waals surface area contributed by atoms with E-state index in [2.05, 4.69) is 10.6 Å². The van der Waals surface area contributed by atoms with E-state index in [4.69, 9.17) is 16.3 Å². The van der Waals surface area contributed by atoms with Crippen LogP contribution in [0.3, 0.4) is 0 Å². The van der Waals surface area contributed by atoms with Crippen molar-refractivity contribution in [3.05, 3.63) is 53.1 Å². The van der Waals surface area contributed by atoms with E-state index < -0.39 is 6.10 Å². The summed E-state index contributed by atoms with van der Waals surface area (Å²) in [5, 5.41) is 6.08. The van der Waals surface area contributed by atoms with E-state index in [1.165, 1.54) is 6.92 Å². The summed E-state index contributed by atoms with van der Waals surface area (Å²) in [6, 6.07) is 12.1. The molecule has 0 saturated carbocycles. The highest BCUT2D eigenvalue weighted by Gasteiger charge is 2.15. The van der Waals surface area contributed by atoms with Gasteiger partial charge in [0.1, 0.15) is 5.75 Å². The number of halogens is 1. The Balaban J connectivity index is 1.95. The number of amides is 2. The Morgan fingerprint density at radius 2 is 1.62 bits per heavy atom. The summed E-state index contributed by atoms with van der Waals surface area (Å²) >= 11 is 5.97. The zero-order valence-electron chi connectivity index (χ0n) is 13.7. The second kappa shape index (κ2) is 7.84. The van der Waals surface area contributed by atoms with Crippen molar-refractivity contribution in [2.24, 2.45) is 0 Å². The molecule has 0 aliphatic carbocycles. The molecule has 2 aromatic rings. The van der Waals surface area contributed by atoms with Crippen molar-refractivity contribution in [3.8, 4) is 5.75 Å². The fourth-order valence-corrected chi connectivity index (χ4v) is 2.15. The van der Waals surface area contributed by atoms with Gasteiger partial charge in [0, 0.05) is 23.3 Å². The first kappa shape index (κ1) is 17.8. The molecule has 0 radical (unpaired) electrons. The van der Waals surface area contributed by atoms with Gasteiger partial charge in [0.15, 0.2) is 6.10 Å². The summed E-state index contributed by atoms with van der Waals surface area (Å²) in [6.45, 7) is 4.98. The van der Waals surface area contributed by atoms with E-state index in [9.17, 15) is 9.59 Å². The van der Waals surface area contributed by atoms with Gasteiger partial charge in [-0.25, -0.2) is 0 Å². The maximum atomic E-state index is 12.2. The molecule has 0 unspecified atom stereocenters. The average Bonchev–Trinajstić information content (AvgIpc) is 2.52. The third-order valence-electron chi connectivity index (χ3n) is 3.28. The fourth-order valence-electron chi connectivity index (χ4n) is 2.03. The lowest BCUT2D eigenvalue weighted by Gasteiger charge is -2.15. The van der Waals surface area contributed by atoms with Gasteiger partial charge in [-0.05, 0) is 61.9 Å². The van der Waals surface area contributed by atoms with Gasteiger partial charge in [0.05, 0.1) is 0 Å². The smallest absolute Gasteiger partial charge is 0.265 e. The molecule has 5 nitrogen and oxygen atoms in total. The third-order valence-corrected chi connectivity index (χ3v) is 3.71. The van der Waals surface area contributed by atoms with E-state index in [1.54, 1.807) is 49.4 Å². The monoisotopic (exact) mass is 346 g/mol. The predicted octanol–water partition coefficient (Wildman–Crippen LogP) is 4.01. The van der Waals surface area contributed by atoms with Gasteiger partial charge in [-0.15, -0.1) is 0 Å². The highest BCUT2D eigenvalue weighted by molar-refractivity contribution is 6.31. The number of hydrogen-bond acceptors (Lipinski definition) is 3. The number of anilines is 2. The van der Waals surface area contributed by atoms with Crippen LogP contribution in [0.4, 0.5) is 11.4 Å². The summed E-state index contributed by atoms with van der Waals surface area (Å²) in [7, 11) is 0. The molecule has 0 saturated heterocycles. The minimum atomic E-state index is -0.666. The van der Waals surface area contributed by atoms with Gasteiger partial charge < -0.3 is 15.4 Å². The molecule has 0 spiro atoms. The van der Waals surface area contributed by atoms with Crippen molar-refractivity contribution in [2.75, 3.05) is 10.6 Å². The molecule has 1 atom stereocenters. The first-order valence-electron chi connectivity index (χ1n) is 7.46. The molecule has 0 bridgehead atoms. The van der Waals surface area contributed by atoms with Crippen molar-refractivity contribution < 1.29 is 14.3 Å². The summed E-state index contributed by atoms with van der Waals surface area (Å²) in [4.78, 5) is 23.2. The number of rotatable bonds is 5. The molecule has 2 aromatic carbocycles. The Kier molecular flexibility index (Phi) is 5.82. The topological polar surface area (TPSA) is 67.4 Å². The quantitative estimate of drug-likeness (QED) is 0.859. The average molecular weight is 347 g/mol. The number of aryl methyl sites for hydroxylation is 1. The second-order valence-electron chi connectivity index (χ2n) is 5.42. The summed E-state index contributed by atoms with van der Waals surface area (Å²) < 4.78 is 5.63. The van der Waals surface area contributed by atoms with Crippen LogP contribution in [0.25, 0.3) is 0 Å². The van der Waals surface area contributed by atoms with E-state index >= 15 is 0 Å². The minimum absolute atomic E-state index is 0.146. The van der Waals surface area contributed by atoms with Crippen LogP contribution in [0, 0.1) is 6.92 Å². The molecule has 2 N–H and O–H groups in total. The molecule has 24 heavy (non-hydrogen) atoms. The van der Waals surface area contributed by atoms with Gasteiger partial charge in [0.25, 0.3) is 5.91 Å². The third kappa shape index (κ3) is 4.99. The van der Waals surface area contributed by atoms with Crippen LogP contribution >= 0.6 is 11.6 Å². The first-order chi connectivity index (χ1) is 11.3. The Hall–Kier alpha value is -2.53. The lowest BCUT2D eigenvalue weighted by atomic mass is 10.2. The van der Waals surface area contributed by atoms with Crippen molar-refractivity contribution in [1.29, 1.82) is 0 Å². The first-order valence-corrected chi connectivity index (χ1v) is 7.84. The normalized spacial score (nSPS) is 11.5. The molecule has 0 aromatic heterocycles. The molecule has 0 aliphatic rings. The number of nitrogens with one attached hydrogen (secondary N) is 2. The summed E-state index contributed by atoms with van der Waals surface area (Å²) in [5.41, 5.74) is 2.17. The zero-order chi connectivity index (χ0) is 17.7. The lowest BCUT2D eigenvalue weighted by Crippen LogP contribution is -2.30. The fraction of sp³-hybridized carbons (Fsp3) is 0.222. The van der Waals surface area contributed by atoms with Crippen molar-refractivity contribution in [2.45, 2.75) is 26.9 Å². The molecule has 0 aliphatic heterocycles. The molecule has 0 fully saturated rings. The van der Waals surface area contributed by atoms with Crippen molar-refractivity contribution in [1.82, 2.24) is 0 Å². The van der Waals surface area contributed by atoms with E-state index in [-0.39, 0.29) is 11.8 Å². The number of benzene rings is 2. The van der Waals surface area contributed by atoms with Gasteiger partial charge in [-0.3, -0.25) is 9.59 Å². The molecule has 0 heterocycles. The number of carbonyl (C=O) groups is 2. The Bertz CT molecular complexity index is 744. The molecule has 2 amide bonds. The predicted molar refractivity (Wildman–Crippen MR) is 95.7 cm³/mol. The Morgan fingerprint density at radius 1 is 1.04 bits per heavy atom. The van der Waals surface area contributed by atoms with E-state index in [1.807, 2.05) is 6.92 Å². The van der Waals surface area contributed by atoms with Crippen LogP contribution in [-0.2, 0) is 9.59 Å². The van der Waals surface area contributed by atoms with Crippen LogP contribution in [-0.4, -0.2) is 17.9 Å². The van der Waals surface area contributed by atoms with Crippen LogP contribution in [0.1, 0.15) is 19.4 Å². The highest BCUT2D eigenvalue weighted by Crippen LogP contribution is 2.22. The molecular formula is C18H19ClN2O3. The minimum Gasteiger partial charge on any atom is -0.481 e. The summed E-state index contributed by atoms with van der Waals surface area (Å²) in [6.07, 6.45) is -0.666. The SMILES string of the molecule is CC(=O)Nc1ccc(NC(=O)[C@H](C)Oc2ccc(Cl)c(C)c2)cc1. The van der Waals surface area contributed by atoms with Crippen LogP contribution in [0.2, 0.25) is 5.02 Å². The number of carbonyl (C=O) groups excluding carboxylic acids is 2. The Labute approximate surface area is 146 Å². The van der Waals surface area contributed by atoms with Crippen molar-refractivity contribution >= 4 is 34.8 Å². The van der Waals surface area contributed by atoms with Crippen molar-refractivity contribution in [3.63, 3.8) is 0 Å². The molecule has 6 heteroatoms. The highest BCUT2D eigenvalue weighted by atomic mass is 35.5. The molecular weight excluding hydrogens is 328 g/mol. The number of ether oxygens (including phenoxy) is 1. The van der Waals surface area contributed by atoms with Gasteiger partial charge in [-0.1, -0.05) is 11.6 Å². The standard InChI is InChI=1S/C18H19ClN2O3/c1-11-10-16(8-9-17(11)19)24-12(2)18(23)21-15-6-4-14(5-7-15)20-13(3)22/h4-10,12H,1-3H3,(H,20,22)(H,21,23)/t12-/m0/s1. The zero-order valence-corrected chi connectivity index (χ0v) is 14.5. The summed E-state index contributed by atoms with van der Waals surface area (Å²) in [5.74, 6) is 0.169. The maximum Gasteiger partial charge on any atom is 0.265 e. The van der Waals surface area contributed by atoms with Gasteiger partial charge in [0.2, 0.25) is 5.91 Å². The molecule has 2 rings (SSSR count). The second-order valence-corrected chi connectivity index (χ2v) is 5.83. The maximum absolute atomic E-state index is 12.2. The lowest BCUT2D eigenvalue weighted by molar-refractivity contribution is -0.122.